The van der Waals surface area contributed by atoms with E-state index in [1.807, 2.05) is 0 Å². The Morgan fingerprint density at radius 1 is 0.750 bits per heavy atom. The van der Waals surface area contributed by atoms with Crippen LogP contribution in [0, 0.1) is 5.92 Å². The number of ketones is 2. The van der Waals surface area contributed by atoms with Gasteiger partial charge in [-0.3, -0.25) is 14.4 Å². The second kappa shape index (κ2) is 8.90. The number of benzene rings is 2. The van der Waals surface area contributed by atoms with Crippen LogP contribution in [0.4, 0.5) is 0 Å². The molecule has 0 saturated carbocycles. The van der Waals surface area contributed by atoms with Gasteiger partial charge in [-0.2, -0.15) is 0 Å². The van der Waals surface area contributed by atoms with Crippen LogP contribution < -0.4 is 9.47 Å². The van der Waals surface area contributed by atoms with Gasteiger partial charge in [0.15, 0.2) is 0 Å². The lowest BCUT2D eigenvalue weighted by atomic mass is 10.0. The van der Waals surface area contributed by atoms with Gasteiger partial charge in [0.2, 0.25) is 11.6 Å². The van der Waals surface area contributed by atoms with E-state index in [4.69, 9.17) is 9.47 Å². The van der Waals surface area contributed by atoms with E-state index in [-0.39, 0.29) is 34.3 Å². The minimum absolute atomic E-state index is 0.162. The van der Waals surface area contributed by atoms with Crippen molar-refractivity contribution < 1.29 is 28.7 Å². The Labute approximate surface area is 162 Å². The average molecular weight is 380 g/mol. The first-order valence-electron chi connectivity index (χ1n) is 8.57. The van der Waals surface area contributed by atoms with Crippen LogP contribution in [0.25, 0.3) is 0 Å². The van der Waals surface area contributed by atoms with Crippen LogP contribution in [0.1, 0.15) is 41.5 Å². The maximum absolute atomic E-state index is 12.4. The lowest BCUT2D eigenvalue weighted by Crippen LogP contribution is -2.16. The molecule has 0 atom stereocenters. The molecule has 0 amide bonds. The molecule has 0 N–H and O–H groups in total. The summed E-state index contributed by atoms with van der Waals surface area (Å²) in [5.74, 6) is -2.10. The van der Waals surface area contributed by atoms with Gasteiger partial charge >= 0.3 is 11.9 Å². The quantitative estimate of drug-likeness (QED) is 0.239. The second-order valence-corrected chi connectivity index (χ2v) is 6.45. The molecule has 144 valence electrons. The van der Waals surface area contributed by atoms with Gasteiger partial charge in [-0.15, -0.1) is 0 Å². The van der Waals surface area contributed by atoms with Crippen molar-refractivity contribution in [1.29, 1.82) is 0 Å². The van der Waals surface area contributed by atoms with Crippen molar-refractivity contribution in [3.63, 3.8) is 0 Å². The number of ether oxygens (including phenoxy) is 2. The average Bonchev–Trinajstić information content (AvgIpc) is 2.67. The Morgan fingerprint density at radius 2 is 1.14 bits per heavy atom. The van der Waals surface area contributed by atoms with Crippen LogP contribution >= 0.6 is 0 Å². The molecule has 28 heavy (non-hydrogen) atoms. The zero-order valence-electron chi connectivity index (χ0n) is 15.9. The summed E-state index contributed by atoms with van der Waals surface area (Å²) < 4.78 is 10.2. The molecule has 0 bridgehead atoms. The third kappa shape index (κ3) is 5.23. The van der Waals surface area contributed by atoms with E-state index in [0.29, 0.717) is 5.75 Å². The monoisotopic (exact) mass is 380 g/mol. The first-order chi connectivity index (χ1) is 13.2. The lowest BCUT2D eigenvalue weighted by molar-refractivity contribution is -0.137. The summed E-state index contributed by atoms with van der Waals surface area (Å²) >= 11 is 0. The fraction of sp³-hybridized carbons (Fsp3) is 0.182. The number of hydrogen-bond donors (Lipinski definition) is 0. The highest BCUT2D eigenvalue weighted by Crippen LogP contribution is 2.18. The fourth-order valence-corrected chi connectivity index (χ4v) is 2.04. The predicted molar refractivity (Wildman–Crippen MR) is 102 cm³/mol. The number of hydrogen-bond acceptors (Lipinski definition) is 6. The van der Waals surface area contributed by atoms with E-state index >= 15 is 0 Å². The summed E-state index contributed by atoms with van der Waals surface area (Å²) in [6.45, 7) is 8.43. The molecule has 2 rings (SSSR count). The highest BCUT2D eigenvalue weighted by atomic mass is 16.5. The Bertz CT molecular complexity index is 921. The van der Waals surface area contributed by atoms with Crippen molar-refractivity contribution in [3.05, 3.63) is 71.8 Å². The van der Waals surface area contributed by atoms with Crippen LogP contribution in [0.5, 0.6) is 11.5 Å². The predicted octanol–water partition coefficient (Wildman–Crippen LogP) is 3.80. The molecule has 0 aliphatic rings. The van der Waals surface area contributed by atoms with Crippen molar-refractivity contribution >= 4 is 23.5 Å². The number of esters is 2. The standard InChI is InChI=1S/C22H20O6/c1-13(2)21(25)27-17-9-5-15(6-10-17)19(23)20(24)16-7-11-18(12-8-16)28-22(26)14(3)4/h5-12,14H,1H2,2-4H3. The van der Waals surface area contributed by atoms with Crippen LogP contribution in [0.3, 0.4) is 0 Å². The molecule has 6 nitrogen and oxygen atoms in total. The molecule has 0 unspecified atom stereocenters. The summed E-state index contributed by atoms with van der Waals surface area (Å²) in [6.07, 6.45) is 0. The Balaban J connectivity index is 2.07. The maximum atomic E-state index is 12.4. The zero-order chi connectivity index (χ0) is 20.8. The molecule has 6 heteroatoms. The fourth-order valence-electron chi connectivity index (χ4n) is 2.04. The molecule has 0 aromatic heterocycles. The van der Waals surface area contributed by atoms with Crippen molar-refractivity contribution in [3.8, 4) is 11.5 Å². The molecule has 2 aromatic rings. The highest BCUT2D eigenvalue weighted by Gasteiger charge is 2.19. The van der Waals surface area contributed by atoms with Crippen LogP contribution in [0.2, 0.25) is 0 Å². The minimum atomic E-state index is -0.704. The van der Waals surface area contributed by atoms with Gasteiger partial charge in [0.1, 0.15) is 11.5 Å². The molecule has 0 aliphatic heterocycles. The van der Waals surface area contributed by atoms with Crippen molar-refractivity contribution in [2.75, 3.05) is 0 Å². The molecular formula is C22H20O6. The van der Waals surface area contributed by atoms with Crippen molar-refractivity contribution in [1.82, 2.24) is 0 Å². The maximum Gasteiger partial charge on any atom is 0.338 e. The second-order valence-electron chi connectivity index (χ2n) is 6.45. The molecule has 0 fully saturated rings. The smallest absolute Gasteiger partial charge is 0.338 e. The third-order valence-electron chi connectivity index (χ3n) is 3.69. The molecule has 0 radical (unpaired) electrons. The van der Waals surface area contributed by atoms with Gasteiger partial charge in [0.05, 0.1) is 5.92 Å². The van der Waals surface area contributed by atoms with Crippen LogP contribution in [-0.2, 0) is 9.59 Å². The first kappa shape index (κ1) is 20.8. The van der Waals surface area contributed by atoms with Crippen molar-refractivity contribution in [2.24, 2.45) is 5.92 Å². The number of rotatable bonds is 7. The van der Waals surface area contributed by atoms with Gasteiger partial charge < -0.3 is 9.47 Å². The number of carbonyl (C=O) groups excluding carboxylic acids is 4. The highest BCUT2D eigenvalue weighted by molar-refractivity contribution is 6.49. The van der Waals surface area contributed by atoms with E-state index in [1.54, 1.807) is 13.8 Å². The van der Waals surface area contributed by atoms with E-state index < -0.39 is 17.5 Å². The largest absolute Gasteiger partial charge is 0.426 e. The van der Waals surface area contributed by atoms with Gasteiger partial charge in [0, 0.05) is 16.7 Å². The Morgan fingerprint density at radius 3 is 1.50 bits per heavy atom. The van der Waals surface area contributed by atoms with Crippen molar-refractivity contribution in [2.45, 2.75) is 20.8 Å². The molecule has 0 heterocycles. The summed E-state index contributed by atoms with van der Waals surface area (Å²) in [6, 6.07) is 11.4. The Hall–Kier alpha value is -3.54. The summed E-state index contributed by atoms with van der Waals surface area (Å²) in [4.78, 5) is 47.8. The first-order valence-corrected chi connectivity index (χ1v) is 8.57. The van der Waals surface area contributed by atoms with Gasteiger partial charge in [0.25, 0.3) is 0 Å². The lowest BCUT2D eigenvalue weighted by Gasteiger charge is -2.07. The molecule has 0 saturated heterocycles. The number of carbonyl (C=O) groups is 4. The molecular weight excluding hydrogens is 360 g/mol. The normalized spacial score (nSPS) is 10.3. The third-order valence-corrected chi connectivity index (χ3v) is 3.69. The van der Waals surface area contributed by atoms with E-state index in [0.717, 1.165) is 0 Å². The summed E-state index contributed by atoms with van der Waals surface area (Å²) in [5.41, 5.74) is 0.584. The minimum Gasteiger partial charge on any atom is -0.426 e. The van der Waals surface area contributed by atoms with E-state index in [9.17, 15) is 19.2 Å². The molecule has 2 aromatic carbocycles. The van der Waals surface area contributed by atoms with Gasteiger partial charge in [-0.05, 0) is 55.5 Å². The number of Topliss-reactive ketones (excluding diaryl/α,β-unsaturated/α-hetero) is 2. The molecule has 0 aliphatic carbocycles. The van der Waals surface area contributed by atoms with E-state index in [1.165, 1.54) is 55.5 Å². The summed E-state index contributed by atoms with van der Waals surface area (Å²) in [7, 11) is 0. The van der Waals surface area contributed by atoms with Crippen LogP contribution in [-0.4, -0.2) is 23.5 Å². The van der Waals surface area contributed by atoms with Gasteiger partial charge in [-0.1, -0.05) is 20.4 Å². The van der Waals surface area contributed by atoms with Crippen LogP contribution in [0.15, 0.2) is 60.7 Å². The van der Waals surface area contributed by atoms with E-state index in [2.05, 4.69) is 6.58 Å². The topological polar surface area (TPSA) is 86.7 Å². The van der Waals surface area contributed by atoms with Gasteiger partial charge in [-0.25, -0.2) is 4.79 Å². The summed E-state index contributed by atoms with van der Waals surface area (Å²) in [5, 5.41) is 0. The molecule has 0 spiro atoms. The SMILES string of the molecule is C=C(C)C(=O)Oc1ccc(C(=O)C(=O)c2ccc(OC(=O)C(C)C)cc2)cc1. The zero-order valence-corrected chi connectivity index (χ0v) is 15.9. The Kier molecular flexibility index (Phi) is 6.60.